The smallest absolute Gasteiger partial charge is 0.342 e. The zero-order chi connectivity index (χ0) is 14.3. The van der Waals surface area contributed by atoms with Crippen LogP contribution >= 0.6 is 0 Å². The number of ether oxygens (including phenoxy) is 2. The molecule has 102 valence electrons. The van der Waals surface area contributed by atoms with Crippen molar-refractivity contribution in [3.8, 4) is 5.75 Å². The van der Waals surface area contributed by atoms with Crippen LogP contribution in [0.4, 0.5) is 0 Å². The average Bonchev–Trinajstić information content (AvgIpc) is 2.42. The molecule has 1 atom stereocenters. The first-order valence-electron chi connectivity index (χ1n) is 5.47. The van der Waals surface area contributed by atoms with E-state index in [1.165, 1.54) is 12.1 Å². The lowest BCUT2D eigenvalue weighted by Gasteiger charge is -2.11. The number of hydrogen-bond donors (Lipinski definition) is 2. The zero-order valence-electron chi connectivity index (χ0n) is 10.1. The highest BCUT2D eigenvalue weighted by molar-refractivity contribution is 5.92. The summed E-state index contributed by atoms with van der Waals surface area (Å²) in [6.45, 7) is 2.54. The van der Waals surface area contributed by atoms with E-state index in [9.17, 15) is 19.8 Å². The molecule has 1 aromatic rings. The van der Waals surface area contributed by atoms with Crippen molar-refractivity contribution in [2.24, 2.45) is 0 Å². The van der Waals surface area contributed by atoms with E-state index in [1.807, 2.05) is 0 Å². The molecule has 0 aliphatic carbocycles. The topological polar surface area (TPSA) is 93.1 Å². The van der Waals surface area contributed by atoms with Crippen molar-refractivity contribution >= 4 is 11.9 Å². The summed E-state index contributed by atoms with van der Waals surface area (Å²) < 4.78 is 9.34. The summed E-state index contributed by atoms with van der Waals surface area (Å²) in [4.78, 5) is 22.3. The Morgan fingerprint density at radius 1 is 1.26 bits per heavy atom. The SMILES string of the molecule is C=CC(=O)OCC(O)COC(=O)c1ccccc1O. The molecule has 1 unspecified atom stereocenters. The maximum Gasteiger partial charge on any atom is 0.342 e. The zero-order valence-corrected chi connectivity index (χ0v) is 10.1. The number of benzene rings is 1. The first kappa shape index (κ1) is 14.7. The van der Waals surface area contributed by atoms with Gasteiger partial charge >= 0.3 is 11.9 Å². The maximum absolute atomic E-state index is 11.5. The van der Waals surface area contributed by atoms with Gasteiger partial charge in [-0.2, -0.15) is 0 Å². The van der Waals surface area contributed by atoms with Gasteiger partial charge in [-0.05, 0) is 12.1 Å². The Balaban J connectivity index is 2.40. The van der Waals surface area contributed by atoms with Crippen molar-refractivity contribution in [2.45, 2.75) is 6.10 Å². The Morgan fingerprint density at radius 3 is 2.53 bits per heavy atom. The number of para-hydroxylation sites is 1. The predicted octanol–water partition coefficient (Wildman–Crippen LogP) is 0.639. The van der Waals surface area contributed by atoms with Gasteiger partial charge in [0.1, 0.15) is 30.6 Å². The summed E-state index contributed by atoms with van der Waals surface area (Å²) in [5.74, 6) is -1.65. The number of hydrogen-bond acceptors (Lipinski definition) is 6. The van der Waals surface area contributed by atoms with Crippen molar-refractivity contribution in [3.05, 3.63) is 42.5 Å². The fourth-order valence-corrected chi connectivity index (χ4v) is 1.18. The van der Waals surface area contributed by atoms with E-state index >= 15 is 0 Å². The van der Waals surface area contributed by atoms with Crippen LogP contribution in [0.2, 0.25) is 0 Å². The number of aromatic hydroxyl groups is 1. The van der Waals surface area contributed by atoms with E-state index in [-0.39, 0.29) is 24.5 Å². The first-order chi connectivity index (χ1) is 9.04. The third kappa shape index (κ3) is 4.81. The number of rotatable bonds is 6. The van der Waals surface area contributed by atoms with Crippen LogP contribution in [0.15, 0.2) is 36.9 Å². The van der Waals surface area contributed by atoms with Gasteiger partial charge in [0, 0.05) is 6.08 Å². The predicted molar refractivity (Wildman–Crippen MR) is 65.6 cm³/mol. The summed E-state index contributed by atoms with van der Waals surface area (Å²) in [7, 11) is 0. The fourth-order valence-electron chi connectivity index (χ4n) is 1.18. The highest BCUT2D eigenvalue weighted by Crippen LogP contribution is 2.16. The van der Waals surface area contributed by atoms with E-state index < -0.39 is 18.0 Å². The van der Waals surface area contributed by atoms with Crippen LogP contribution < -0.4 is 0 Å². The Morgan fingerprint density at radius 2 is 1.89 bits per heavy atom. The number of aliphatic hydroxyl groups is 1. The molecule has 0 bridgehead atoms. The number of carbonyl (C=O) groups is 2. The quantitative estimate of drug-likeness (QED) is 0.579. The third-order valence-electron chi connectivity index (χ3n) is 2.12. The van der Waals surface area contributed by atoms with Crippen molar-refractivity contribution in [3.63, 3.8) is 0 Å². The second-order valence-corrected chi connectivity index (χ2v) is 3.60. The van der Waals surface area contributed by atoms with E-state index in [2.05, 4.69) is 11.3 Å². The minimum absolute atomic E-state index is 0.00205. The molecule has 0 aliphatic heterocycles. The first-order valence-corrected chi connectivity index (χ1v) is 5.47. The van der Waals surface area contributed by atoms with Gasteiger partial charge in [-0.25, -0.2) is 9.59 Å². The third-order valence-corrected chi connectivity index (χ3v) is 2.12. The molecule has 1 aromatic carbocycles. The van der Waals surface area contributed by atoms with Gasteiger partial charge in [-0.15, -0.1) is 0 Å². The minimum atomic E-state index is -1.14. The highest BCUT2D eigenvalue weighted by Gasteiger charge is 2.14. The summed E-state index contributed by atoms with van der Waals surface area (Å²) in [5.41, 5.74) is -0.00205. The molecule has 19 heavy (non-hydrogen) atoms. The minimum Gasteiger partial charge on any atom is -0.507 e. The van der Waals surface area contributed by atoms with Crippen LogP contribution in [0, 0.1) is 0 Å². The molecule has 0 spiro atoms. The highest BCUT2D eigenvalue weighted by atomic mass is 16.6. The number of phenols is 1. The van der Waals surface area contributed by atoms with Crippen molar-refractivity contribution in [1.29, 1.82) is 0 Å². The lowest BCUT2D eigenvalue weighted by atomic mass is 10.2. The molecule has 0 saturated heterocycles. The standard InChI is InChI=1S/C13H14O6/c1-2-12(16)18-7-9(14)8-19-13(17)10-5-3-4-6-11(10)15/h2-6,9,14-15H,1,7-8H2. The van der Waals surface area contributed by atoms with E-state index in [0.717, 1.165) is 6.08 Å². The Hall–Kier alpha value is -2.34. The van der Waals surface area contributed by atoms with Crippen LogP contribution in [-0.2, 0) is 14.3 Å². The number of esters is 2. The van der Waals surface area contributed by atoms with Crippen molar-refractivity contribution in [1.82, 2.24) is 0 Å². The van der Waals surface area contributed by atoms with Crippen molar-refractivity contribution < 1.29 is 29.3 Å². The number of phenolic OH excluding ortho intramolecular Hbond substituents is 1. The lowest BCUT2D eigenvalue weighted by molar-refractivity contribution is -0.141. The van der Waals surface area contributed by atoms with Gasteiger partial charge in [0.25, 0.3) is 0 Å². The molecule has 2 N–H and O–H groups in total. The maximum atomic E-state index is 11.5. The van der Waals surface area contributed by atoms with Gasteiger partial charge in [-0.3, -0.25) is 0 Å². The van der Waals surface area contributed by atoms with E-state index in [0.29, 0.717) is 0 Å². The van der Waals surface area contributed by atoms with E-state index in [1.54, 1.807) is 12.1 Å². The van der Waals surface area contributed by atoms with Crippen LogP contribution in [-0.4, -0.2) is 41.5 Å². The van der Waals surface area contributed by atoms with Crippen LogP contribution in [0.5, 0.6) is 5.75 Å². The van der Waals surface area contributed by atoms with Crippen LogP contribution in [0.1, 0.15) is 10.4 Å². The molecule has 0 amide bonds. The fraction of sp³-hybridized carbons (Fsp3) is 0.231. The Bertz CT molecular complexity index is 468. The van der Waals surface area contributed by atoms with Gasteiger partial charge in [-0.1, -0.05) is 18.7 Å². The van der Waals surface area contributed by atoms with Gasteiger partial charge < -0.3 is 19.7 Å². The monoisotopic (exact) mass is 266 g/mol. The largest absolute Gasteiger partial charge is 0.507 e. The van der Waals surface area contributed by atoms with Gasteiger partial charge in [0.05, 0.1) is 0 Å². The molecule has 1 rings (SSSR count). The normalized spacial score (nSPS) is 11.4. The molecule has 0 fully saturated rings. The average molecular weight is 266 g/mol. The molecule has 0 radical (unpaired) electrons. The van der Waals surface area contributed by atoms with Crippen LogP contribution in [0.25, 0.3) is 0 Å². The van der Waals surface area contributed by atoms with Crippen LogP contribution in [0.3, 0.4) is 0 Å². The number of carbonyl (C=O) groups excluding carboxylic acids is 2. The second kappa shape index (κ2) is 7.17. The summed E-state index contributed by atoms with van der Waals surface area (Å²) >= 11 is 0. The number of aliphatic hydroxyl groups excluding tert-OH is 1. The summed E-state index contributed by atoms with van der Waals surface area (Å²) in [6.07, 6.45) is -0.181. The van der Waals surface area contributed by atoms with Gasteiger partial charge in [0.2, 0.25) is 0 Å². The molecule has 0 heterocycles. The second-order valence-electron chi connectivity index (χ2n) is 3.60. The molecule has 0 aromatic heterocycles. The molecule has 0 saturated carbocycles. The molecular weight excluding hydrogens is 252 g/mol. The lowest BCUT2D eigenvalue weighted by Crippen LogP contribution is -2.25. The summed E-state index contributed by atoms with van der Waals surface area (Å²) in [6, 6.07) is 5.87. The Labute approximate surface area is 109 Å². The molecule has 6 heteroatoms. The molecule has 6 nitrogen and oxygen atoms in total. The van der Waals surface area contributed by atoms with E-state index in [4.69, 9.17) is 4.74 Å². The Kier molecular flexibility index (Phi) is 5.56. The molecular formula is C13H14O6. The molecule has 0 aliphatic rings. The van der Waals surface area contributed by atoms with Gasteiger partial charge in [0.15, 0.2) is 0 Å². The van der Waals surface area contributed by atoms with Crippen molar-refractivity contribution in [2.75, 3.05) is 13.2 Å². The summed E-state index contributed by atoms with van der Waals surface area (Å²) in [5, 5.41) is 18.8.